The summed E-state index contributed by atoms with van der Waals surface area (Å²) >= 11 is 0. The zero-order chi connectivity index (χ0) is 34.4. The van der Waals surface area contributed by atoms with Gasteiger partial charge >= 0.3 is 12.1 Å². The molecule has 0 aliphatic heterocycles. The molecule has 0 aliphatic carbocycles. The van der Waals surface area contributed by atoms with Crippen molar-refractivity contribution in [2.24, 2.45) is 31.9 Å². The minimum atomic E-state index is -4.86. The highest BCUT2D eigenvalue weighted by molar-refractivity contribution is 7.86. The summed E-state index contributed by atoms with van der Waals surface area (Å²) in [6, 6.07) is 11.0. The van der Waals surface area contributed by atoms with Gasteiger partial charge in [-0.3, -0.25) is 9.11 Å². The molecule has 1 unspecified atom stereocenters. The second-order valence-corrected chi connectivity index (χ2v) is 12.3. The van der Waals surface area contributed by atoms with Crippen molar-refractivity contribution in [2.45, 2.75) is 22.8 Å². The van der Waals surface area contributed by atoms with E-state index in [0.717, 1.165) is 18.2 Å². The first kappa shape index (κ1) is 34.3. The van der Waals surface area contributed by atoms with Crippen molar-refractivity contribution in [3.8, 4) is 0 Å². The van der Waals surface area contributed by atoms with Crippen LogP contribution in [0, 0.1) is 6.08 Å². The Bertz CT molecular complexity index is 2080. The molecule has 0 saturated carbocycles. The zero-order valence-electron chi connectivity index (χ0n) is 24.0. The molecular formula is C25H25FN12O7S2. The van der Waals surface area contributed by atoms with Gasteiger partial charge in [-0.15, -0.1) is 10.2 Å². The Kier molecular flexibility index (Phi) is 10.4. The summed E-state index contributed by atoms with van der Waals surface area (Å²) in [6.07, 6.45) is -1.08. The average molecular weight is 689 g/mol. The number of benzene rings is 3. The van der Waals surface area contributed by atoms with Gasteiger partial charge in [0.25, 0.3) is 20.2 Å². The number of nitrogens with one attached hydrogen (secondary N) is 3. The summed E-state index contributed by atoms with van der Waals surface area (Å²) in [4.78, 5) is 21.8. The molecule has 4 rings (SSSR count). The average Bonchev–Trinajstić information content (AvgIpc) is 2.97. The lowest BCUT2D eigenvalue weighted by Gasteiger charge is -2.11. The first-order valence-corrected chi connectivity index (χ1v) is 15.9. The maximum absolute atomic E-state index is 14.0. The van der Waals surface area contributed by atoms with E-state index in [-0.39, 0.29) is 63.5 Å². The number of amides is 2. The van der Waals surface area contributed by atoms with Gasteiger partial charge in [-0.05, 0) is 67.6 Å². The van der Waals surface area contributed by atoms with Crippen LogP contribution in [-0.2, 0) is 20.2 Å². The lowest BCUT2D eigenvalue weighted by Crippen LogP contribution is -2.26. The SMILES string of the molecule is CC(N)CNc1nc(F)nc(Nc2ccc(N=Nc3ccc(N=Nc4ccc(S(=O)(=O)O)cc4)cc3S(=O)(=O)O)c(NC(N)=O)c2)n1. The Morgan fingerprint density at radius 2 is 1.47 bits per heavy atom. The molecule has 0 spiro atoms. The standard InChI is InChI=1S/C25H25FN12O7S2/c1-13(27)12-29-24-32-22(26)33-25(34-24)30-15-4-8-18(20(10-15)31-23(28)39)37-38-19-9-5-16(11-21(19)47(43,44)45)36-35-14-2-6-17(7-3-14)46(40,41)42/h2-11,13H,12,27H2,1H3,(H3,28,31,39)(H,40,41,42)(H,43,44,45)(H2,29,30,32,33,34). The fourth-order valence-electron chi connectivity index (χ4n) is 3.56. The van der Waals surface area contributed by atoms with Gasteiger partial charge in [0.05, 0.1) is 22.0 Å². The van der Waals surface area contributed by atoms with E-state index in [1.54, 1.807) is 6.92 Å². The van der Waals surface area contributed by atoms with Crippen molar-refractivity contribution in [2.75, 3.05) is 22.5 Å². The van der Waals surface area contributed by atoms with Crippen LogP contribution in [-0.4, -0.2) is 59.5 Å². The number of azo groups is 2. The van der Waals surface area contributed by atoms with E-state index >= 15 is 0 Å². The highest BCUT2D eigenvalue weighted by Crippen LogP contribution is 2.34. The molecule has 3 aromatic carbocycles. The fraction of sp³-hybridized carbons (Fsp3) is 0.120. The number of urea groups is 1. The van der Waals surface area contributed by atoms with Crippen LogP contribution in [0.15, 0.2) is 90.9 Å². The molecule has 246 valence electrons. The molecule has 0 saturated heterocycles. The van der Waals surface area contributed by atoms with E-state index in [1.807, 2.05) is 0 Å². The predicted molar refractivity (Wildman–Crippen MR) is 166 cm³/mol. The summed E-state index contributed by atoms with van der Waals surface area (Å²) in [7, 11) is -9.27. The molecule has 1 atom stereocenters. The minimum absolute atomic E-state index is 0.00470. The molecule has 1 aromatic heterocycles. The van der Waals surface area contributed by atoms with Crippen molar-refractivity contribution >= 4 is 72.3 Å². The maximum Gasteiger partial charge on any atom is 0.316 e. The summed E-state index contributed by atoms with van der Waals surface area (Å²) in [5.74, 6) is -0.260. The summed E-state index contributed by atoms with van der Waals surface area (Å²) in [6.45, 7) is 1.99. The number of carbonyl (C=O) groups is 1. The monoisotopic (exact) mass is 688 g/mol. The van der Waals surface area contributed by atoms with E-state index in [0.29, 0.717) is 0 Å². The smallest absolute Gasteiger partial charge is 0.316 e. The Morgan fingerprint density at radius 1 is 0.851 bits per heavy atom. The van der Waals surface area contributed by atoms with Gasteiger partial charge in [0.1, 0.15) is 16.3 Å². The number of halogens is 1. The predicted octanol–water partition coefficient (Wildman–Crippen LogP) is 4.33. The van der Waals surface area contributed by atoms with Crippen molar-refractivity contribution < 1.29 is 35.1 Å². The van der Waals surface area contributed by atoms with Crippen LogP contribution in [0.1, 0.15) is 6.92 Å². The molecule has 2 amide bonds. The van der Waals surface area contributed by atoms with Gasteiger partial charge in [0.2, 0.25) is 11.9 Å². The molecule has 0 radical (unpaired) electrons. The van der Waals surface area contributed by atoms with Gasteiger partial charge in [-0.2, -0.15) is 46.4 Å². The van der Waals surface area contributed by atoms with Crippen LogP contribution < -0.4 is 27.4 Å². The third kappa shape index (κ3) is 9.97. The second kappa shape index (κ2) is 14.3. The van der Waals surface area contributed by atoms with Crippen molar-refractivity contribution in [3.63, 3.8) is 0 Å². The molecule has 4 aromatic rings. The number of hydrogen-bond acceptors (Lipinski definition) is 15. The molecule has 22 heteroatoms. The highest BCUT2D eigenvalue weighted by Gasteiger charge is 2.18. The lowest BCUT2D eigenvalue weighted by molar-refractivity contribution is 0.259. The number of primary amides is 1. The van der Waals surface area contributed by atoms with Crippen LogP contribution >= 0.6 is 0 Å². The number of carbonyl (C=O) groups excluding carboxylic acids is 1. The van der Waals surface area contributed by atoms with Crippen molar-refractivity contribution in [3.05, 3.63) is 66.7 Å². The zero-order valence-corrected chi connectivity index (χ0v) is 25.6. The van der Waals surface area contributed by atoms with Gasteiger partial charge < -0.3 is 27.4 Å². The summed E-state index contributed by atoms with van der Waals surface area (Å²) < 4.78 is 79.5. The van der Waals surface area contributed by atoms with Crippen molar-refractivity contribution in [1.29, 1.82) is 0 Å². The topological polar surface area (TPSA) is 302 Å². The van der Waals surface area contributed by atoms with Crippen LogP contribution in [0.2, 0.25) is 0 Å². The van der Waals surface area contributed by atoms with Crippen LogP contribution in [0.25, 0.3) is 0 Å². The number of anilines is 4. The van der Waals surface area contributed by atoms with Gasteiger partial charge in [-0.25, -0.2) is 4.79 Å². The Morgan fingerprint density at radius 3 is 2.11 bits per heavy atom. The van der Waals surface area contributed by atoms with E-state index < -0.39 is 37.2 Å². The summed E-state index contributed by atoms with van der Waals surface area (Å²) in [5.41, 5.74) is 11.0. The quantitative estimate of drug-likeness (QED) is 0.0806. The fourth-order valence-corrected chi connectivity index (χ4v) is 4.69. The molecule has 47 heavy (non-hydrogen) atoms. The molecule has 0 aliphatic rings. The Hall–Kier alpha value is -5.55. The second-order valence-electron chi connectivity index (χ2n) is 9.45. The first-order valence-electron chi connectivity index (χ1n) is 13.0. The van der Waals surface area contributed by atoms with E-state index in [2.05, 4.69) is 51.4 Å². The van der Waals surface area contributed by atoms with Gasteiger partial charge in [0, 0.05) is 18.3 Å². The molecule has 0 bridgehead atoms. The van der Waals surface area contributed by atoms with E-state index in [1.165, 1.54) is 42.5 Å². The van der Waals surface area contributed by atoms with Crippen LogP contribution in [0.5, 0.6) is 0 Å². The summed E-state index contributed by atoms with van der Waals surface area (Å²) in [5, 5.41) is 23.5. The number of nitrogens with two attached hydrogens (primary N) is 2. The number of hydrogen-bond donors (Lipinski definition) is 7. The number of nitrogens with zero attached hydrogens (tertiary/aromatic N) is 7. The van der Waals surface area contributed by atoms with Crippen molar-refractivity contribution in [1.82, 2.24) is 15.0 Å². The van der Waals surface area contributed by atoms with Gasteiger partial charge in [-0.1, -0.05) is 0 Å². The molecule has 19 nitrogen and oxygen atoms in total. The van der Waals surface area contributed by atoms with Crippen LogP contribution in [0.4, 0.5) is 55.2 Å². The van der Waals surface area contributed by atoms with E-state index in [4.69, 9.17) is 16.0 Å². The third-order valence-corrected chi connectivity index (χ3v) is 7.35. The largest absolute Gasteiger partial charge is 0.352 e. The minimum Gasteiger partial charge on any atom is -0.352 e. The maximum atomic E-state index is 14.0. The number of aromatic nitrogens is 3. The molecule has 1 heterocycles. The van der Waals surface area contributed by atoms with E-state index in [9.17, 15) is 30.6 Å². The number of rotatable bonds is 12. The normalized spacial score (nSPS) is 12.7. The Labute approximate surface area is 266 Å². The highest BCUT2D eigenvalue weighted by atomic mass is 32.2. The third-order valence-electron chi connectivity index (χ3n) is 5.60. The van der Waals surface area contributed by atoms with Gasteiger partial charge in [0.15, 0.2) is 0 Å². The van der Waals surface area contributed by atoms with Crippen LogP contribution in [0.3, 0.4) is 0 Å². The molecule has 0 fully saturated rings. The lowest BCUT2D eigenvalue weighted by atomic mass is 10.2. The molecular weight excluding hydrogens is 663 g/mol. The molecule has 9 N–H and O–H groups in total. The Balaban J connectivity index is 1.60. The first-order chi connectivity index (χ1) is 22.1.